The summed E-state index contributed by atoms with van der Waals surface area (Å²) in [4.78, 5) is 0. The third-order valence-electron chi connectivity index (χ3n) is 3.62. The Morgan fingerprint density at radius 3 is 2.20 bits per heavy atom. The van der Waals surface area contributed by atoms with Crippen molar-refractivity contribution in [3.8, 4) is 0 Å². The zero-order chi connectivity index (χ0) is 15.2. The molecule has 0 aromatic heterocycles. The summed E-state index contributed by atoms with van der Waals surface area (Å²) >= 11 is 0. The van der Waals surface area contributed by atoms with E-state index in [9.17, 15) is 10.2 Å². The van der Waals surface area contributed by atoms with Crippen molar-refractivity contribution in [1.82, 2.24) is 5.32 Å². The van der Waals surface area contributed by atoms with Crippen LogP contribution in [0.25, 0.3) is 0 Å². The topological polar surface area (TPSA) is 52.5 Å². The lowest BCUT2D eigenvalue weighted by Crippen LogP contribution is -2.39. The van der Waals surface area contributed by atoms with Crippen molar-refractivity contribution in [2.24, 2.45) is 0 Å². The molecule has 0 amide bonds. The zero-order valence-corrected chi connectivity index (χ0v) is 13.2. The molecule has 2 atom stereocenters. The molecule has 0 aliphatic heterocycles. The fraction of sp³-hybridized carbons (Fsp3) is 0.647. The van der Waals surface area contributed by atoms with E-state index in [4.69, 9.17) is 0 Å². The molecule has 20 heavy (non-hydrogen) atoms. The van der Waals surface area contributed by atoms with E-state index in [0.717, 1.165) is 18.4 Å². The van der Waals surface area contributed by atoms with Crippen LogP contribution in [-0.2, 0) is 0 Å². The van der Waals surface area contributed by atoms with Gasteiger partial charge in [-0.3, -0.25) is 0 Å². The maximum Gasteiger partial charge on any atom is 0.0914 e. The van der Waals surface area contributed by atoms with Gasteiger partial charge in [-0.15, -0.1) is 0 Å². The quantitative estimate of drug-likeness (QED) is 0.685. The summed E-state index contributed by atoms with van der Waals surface area (Å²) < 4.78 is 0. The molecule has 0 saturated carbocycles. The fourth-order valence-corrected chi connectivity index (χ4v) is 2.33. The molecular weight excluding hydrogens is 250 g/mol. The predicted octanol–water partition coefficient (Wildman–Crippen LogP) is 2.98. The number of aliphatic hydroxyl groups is 2. The van der Waals surface area contributed by atoms with Gasteiger partial charge >= 0.3 is 0 Å². The SMILES string of the molecule is CCCC(C)(O)CNCC(O)c1ccc(C(C)C)cc1. The molecule has 1 aromatic rings. The molecule has 114 valence electrons. The second kappa shape index (κ2) is 7.77. The molecule has 1 aromatic carbocycles. The van der Waals surface area contributed by atoms with Crippen LogP contribution in [0.3, 0.4) is 0 Å². The van der Waals surface area contributed by atoms with E-state index < -0.39 is 11.7 Å². The van der Waals surface area contributed by atoms with Crippen LogP contribution >= 0.6 is 0 Å². The molecule has 0 radical (unpaired) electrons. The first kappa shape index (κ1) is 17.2. The molecule has 2 unspecified atom stereocenters. The van der Waals surface area contributed by atoms with Crippen LogP contribution in [0.1, 0.15) is 63.7 Å². The first-order chi connectivity index (χ1) is 9.35. The Hall–Kier alpha value is -0.900. The molecule has 3 heteroatoms. The Morgan fingerprint density at radius 1 is 1.15 bits per heavy atom. The lowest BCUT2D eigenvalue weighted by atomic mass is 9.99. The van der Waals surface area contributed by atoms with Crippen LogP contribution in [-0.4, -0.2) is 28.9 Å². The summed E-state index contributed by atoms with van der Waals surface area (Å²) in [5.74, 6) is 0.503. The average Bonchev–Trinajstić information content (AvgIpc) is 2.38. The van der Waals surface area contributed by atoms with Gasteiger partial charge in [0.15, 0.2) is 0 Å². The molecule has 0 aliphatic rings. The summed E-state index contributed by atoms with van der Waals surface area (Å²) in [6.07, 6.45) is 1.18. The maximum absolute atomic E-state index is 10.1. The standard InChI is InChI=1S/C17H29NO2/c1-5-10-17(4,20)12-18-11-16(19)15-8-6-14(7-9-15)13(2)3/h6-9,13,16,18-20H,5,10-12H2,1-4H3. The first-order valence-electron chi connectivity index (χ1n) is 7.56. The molecule has 3 nitrogen and oxygen atoms in total. The number of aliphatic hydroxyl groups excluding tert-OH is 1. The number of hydrogen-bond donors (Lipinski definition) is 3. The van der Waals surface area contributed by atoms with Crippen LogP contribution in [0.2, 0.25) is 0 Å². The number of hydrogen-bond acceptors (Lipinski definition) is 3. The molecular formula is C17H29NO2. The van der Waals surface area contributed by atoms with Gasteiger partial charge in [0.2, 0.25) is 0 Å². The molecule has 0 spiro atoms. The normalized spacial score (nSPS) is 16.1. The average molecular weight is 279 g/mol. The maximum atomic E-state index is 10.1. The molecule has 0 heterocycles. The number of benzene rings is 1. The molecule has 0 saturated heterocycles. The monoisotopic (exact) mass is 279 g/mol. The summed E-state index contributed by atoms with van der Waals surface area (Å²) in [5, 5.41) is 23.3. The van der Waals surface area contributed by atoms with Gasteiger partial charge in [-0.1, -0.05) is 51.5 Å². The van der Waals surface area contributed by atoms with E-state index in [1.54, 1.807) is 0 Å². The number of nitrogens with one attached hydrogen (secondary N) is 1. The summed E-state index contributed by atoms with van der Waals surface area (Å²) in [6.45, 7) is 9.15. The highest BCUT2D eigenvalue weighted by atomic mass is 16.3. The smallest absolute Gasteiger partial charge is 0.0914 e. The highest BCUT2D eigenvalue weighted by Gasteiger charge is 2.19. The van der Waals surface area contributed by atoms with Crippen LogP contribution in [0.15, 0.2) is 24.3 Å². The largest absolute Gasteiger partial charge is 0.389 e. The van der Waals surface area contributed by atoms with E-state index in [0.29, 0.717) is 19.0 Å². The minimum Gasteiger partial charge on any atom is -0.389 e. The van der Waals surface area contributed by atoms with E-state index >= 15 is 0 Å². The zero-order valence-electron chi connectivity index (χ0n) is 13.2. The van der Waals surface area contributed by atoms with Gasteiger partial charge in [0, 0.05) is 13.1 Å². The van der Waals surface area contributed by atoms with Crippen molar-refractivity contribution >= 4 is 0 Å². The van der Waals surface area contributed by atoms with Crippen molar-refractivity contribution < 1.29 is 10.2 Å². The van der Waals surface area contributed by atoms with Gasteiger partial charge in [0.05, 0.1) is 11.7 Å². The van der Waals surface area contributed by atoms with Crippen LogP contribution in [0, 0.1) is 0 Å². The Labute approximate surface area is 123 Å². The molecule has 3 N–H and O–H groups in total. The van der Waals surface area contributed by atoms with Gasteiger partial charge in [-0.05, 0) is 30.4 Å². The molecule has 0 fully saturated rings. The van der Waals surface area contributed by atoms with Crippen molar-refractivity contribution in [1.29, 1.82) is 0 Å². The Balaban J connectivity index is 2.44. The van der Waals surface area contributed by atoms with E-state index in [1.165, 1.54) is 5.56 Å². The summed E-state index contributed by atoms with van der Waals surface area (Å²) in [5.41, 5.74) is 1.49. The summed E-state index contributed by atoms with van der Waals surface area (Å²) in [7, 11) is 0. The van der Waals surface area contributed by atoms with Gasteiger partial charge in [-0.2, -0.15) is 0 Å². The van der Waals surface area contributed by atoms with E-state index in [-0.39, 0.29) is 0 Å². The van der Waals surface area contributed by atoms with Crippen LogP contribution in [0.4, 0.5) is 0 Å². The fourth-order valence-electron chi connectivity index (χ4n) is 2.33. The highest BCUT2D eigenvalue weighted by Crippen LogP contribution is 2.18. The Morgan fingerprint density at radius 2 is 1.70 bits per heavy atom. The Bertz CT molecular complexity index is 384. The third-order valence-corrected chi connectivity index (χ3v) is 3.62. The van der Waals surface area contributed by atoms with Crippen molar-refractivity contribution in [2.75, 3.05) is 13.1 Å². The molecule has 0 aliphatic carbocycles. The second-order valence-electron chi connectivity index (χ2n) is 6.22. The van der Waals surface area contributed by atoms with Crippen molar-refractivity contribution in [2.45, 2.75) is 58.2 Å². The predicted molar refractivity (Wildman–Crippen MR) is 83.9 cm³/mol. The first-order valence-corrected chi connectivity index (χ1v) is 7.56. The van der Waals surface area contributed by atoms with Crippen molar-refractivity contribution in [3.05, 3.63) is 35.4 Å². The van der Waals surface area contributed by atoms with Crippen molar-refractivity contribution in [3.63, 3.8) is 0 Å². The van der Waals surface area contributed by atoms with Crippen LogP contribution < -0.4 is 5.32 Å². The lowest BCUT2D eigenvalue weighted by molar-refractivity contribution is 0.0461. The minimum atomic E-state index is -0.698. The van der Waals surface area contributed by atoms with E-state index in [2.05, 4.69) is 38.2 Å². The van der Waals surface area contributed by atoms with Crippen LogP contribution in [0.5, 0.6) is 0 Å². The Kier molecular flexibility index (Phi) is 6.66. The summed E-state index contributed by atoms with van der Waals surface area (Å²) in [6, 6.07) is 8.09. The van der Waals surface area contributed by atoms with Gasteiger partial charge in [-0.25, -0.2) is 0 Å². The second-order valence-corrected chi connectivity index (χ2v) is 6.22. The highest BCUT2D eigenvalue weighted by molar-refractivity contribution is 5.26. The minimum absolute atomic E-state index is 0.459. The van der Waals surface area contributed by atoms with Gasteiger partial charge in [0.25, 0.3) is 0 Å². The lowest BCUT2D eigenvalue weighted by Gasteiger charge is -2.24. The number of rotatable bonds is 8. The molecule has 1 rings (SSSR count). The van der Waals surface area contributed by atoms with E-state index in [1.807, 2.05) is 19.1 Å². The molecule has 0 bridgehead atoms. The third kappa shape index (κ3) is 5.61. The van der Waals surface area contributed by atoms with Gasteiger partial charge < -0.3 is 15.5 Å². The van der Waals surface area contributed by atoms with Gasteiger partial charge in [0.1, 0.15) is 0 Å².